The van der Waals surface area contributed by atoms with E-state index in [-0.39, 0.29) is 0 Å². The SMILES string of the molecule is NC(=O)c1cc(C(F)F)c(Cl)c(F)n1. The summed E-state index contributed by atoms with van der Waals surface area (Å²) in [5, 5.41) is -0.801. The number of hydrogen-bond donors (Lipinski definition) is 1. The first-order chi connectivity index (χ1) is 6.43. The van der Waals surface area contributed by atoms with Crippen LogP contribution in [0.2, 0.25) is 5.02 Å². The van der Waals surface area contributed by atoms with Gasteiger partial charge >= 0.3 is 0 Å². The van der Waals surface area contributed by atoms with E-state index in [0.29, 0.717) is 6.07 Å². The van der Waals surface area contributed by atoms with Gasteiger partial charge in [0.15, 0.2) is 0 Å². The van der Waals surface area contributed by atoms with Crippen LogP contribution < -0.4 is 5.73 Å². The van der Waals surface area contributed by atoms with Gasteiger partial charge in [0.05, 0.1) is 0 Å². The number of carbonyl (C=O) groups is 1. The Morgan fingerprint density at radius 1 is 1.57 bits per heavy atom. The highest BCUT2D eigenvalue weighted by Gasteiger charge is 2.19. The predicted octanol–water partition coefficient (Wildman–Crippen LogP) is 1.91. The summed E-state index contributed by atoms with van der Waals surface area (Å²) in [6.07, 6.45) is -2.99. The molecule has 0 saturated heterocycles. The lowest BCUT2D eigenvalue weighted by atomic mass is 10.2. The molecular formula is C7H4ClF3N2O. The van der Waals surface area contributed by atoms with Crippen LogP contribution in [0.3, 0.4) is 0 Å². The van der Waals surface area contributed by atoms with Crippen LogP contribution in [0.5, 0.6) is 0 Å². The Bertz CT molecular complexity index is 383. The Kier molecular flexibility index (Phi) is 2.95. The molecule has 2 N–H and O–H groups in total. The minimum absolute atomic E-state index is 0.581. The highest BCUT2D eigenvalue weighted by Crippen LogP contribution is 2.28. The summed E-state index contributed by atoms with van der Waals surface area (Å²) < 4.78 is 37.2. The number of alkyl halides is 2. The van der Waals surface area contributed by atoms with Crippen molar-refractivity contribution in [3.05, 3.63) is 28.3 Å². The van der Waals surface area contributed by atoms with Crippen LogP contribution in [0.1, 0.15) is 22.5 Å². The molecule has 0 atom stereocenters. The molecule has 7 heteroatoms. The Labute approximate surface area is 81.7 Å². The molecule has 0 unspecified atom stereocenters. The zero-order valence-corrected chi connectivity index (χ0v) is 7.36. The predicted molar refractivity (Wildman–Crippen MR) is 42.7 cm³/mol. The zero-order valence-electron chi connectivity index (χ0n) is 6.60. The van der Waals surface area contributed by atoms with E-state index in [9.17, 15) is 18.0 Å². The third-order valence-corrected chi connectivity index (χ3v) is 1.81. The van der Waals surface area contributed by atoms with E-state index in [4.69, 9.17) is 17.3 Å². The van der Waals surface area contributed by atoms with Crippen molar-refractivity contribution < 1.29 is 18.0 Å². The maximum absolute atomic E-state index is 12.8. The first-order valence-electron chi connectivity index (χ1n) is 3.37. The van der Waals surface area contributed by atoms with Gasteiger partial charge in [0.25, 0.3) is 12.3 Å². The van der Waals surface area contributed by atoms with Crippen molar-refractivity contribution >= 4 is 17.5 Å². The first kappa shape index (κ1) is 10.8. The van der Waals surface area contributed by atoms with E-state index in [2.05, 4.69) is 4.98 Å². The van der Waals surface area contributed by atoms with Crippen molar-refractivity contribution in [2.24, 2.45) is 5.73 Å². The van der Waals surface area contributed by atoms with Crippen LogP contribution in [0.25, 0.3) is 0 Å². The van der Waals surface area contributed by atoms with Crippen molar-refractivity contribution in [2.45, 2.75) is 6.43 Å². The van der Waals surface area contributed by atoms with Gasteiger partial charge in [-0.15, -0.1) is 0 Å². The standard InChI is InChI=1S/C7H4ClF3N2O/c8-4-2(5(9)10)1-3(7(12)14)13-6(4)11/h1,5H,(H2,12,14). The number of halogens is 4. The van der Waals surface area contributed by atoms with E-state index in [1.165, 1.54) is 0 Å². The van der Waals surface area contributed by atoms with Crippen LogP contribution >= 0.6 is 11.6 Å². The van der Waals surface area contributed by atoms with Gasteiger partial charge in [0.1, 0.15) is 10.7 Å². The van der Waals surface area contributed by atoms with Crippen molar-refractivity contribution in [1.82, 2.24) is 4.98 Å². The average molecular weight is 225 g/mol. The highest BCUT2D eigenvalue weighted by molar-refractivity contribution is 6.31. The smallest absolute Gasteiger partial charge is 0.267 e. The fourth-order valence-corrected chi connectivity index (χ4v) is 0.981. The fraction of sp³-hybridized carbons (Fsp3) is 0.143. The maximum atomic E-state index is 12.8. The lowest BCUT2D eigenvalue weighted by Gasteiger charge is -2.04. The second-order valence-electron chi connectivity index (χ2n) is 2.37. The highest BCUT2D eigenvalue weighted by atomic mass is 35.5. The van der Waals surface area contributed by atoms with E-state index >= 15 is 0 Å². The molecule has 0 aliphatic rings. The molecule has 0 bridgehead atoms. The maximum Gasteiger partial charge on any atom is 0.267 e. The number of amides is 1. The summed E-state index contributed by atoms with van der Waals surface area (Å²) in [4.78, 5) is 13.6. The quantitative estimate of drug-likeness (QED) is 0.780. The number of rotatable bonds is 2. The molecule has 1 aromatic heterocycles. The second-order valence-corrected chi connectivity index (χ2v) is 2.74. The van der Waals surface area contributed by atoms with Crippen LogP contribution in [-0.2, 0) is 0 Å². The van der Waals surface area contributed by atoms with E-state index in [0.717, 1.165) is 0 Å². The summed E-state index contributed by atoms with van der Waals surface area (Å²) in [6, 6.07) is 0.665. The summed E-state index contributed by atoms with van der Waals surface area (Å²) in [5.74, 6) is -2.43. The summed E-state index contributed by atoms with van der Waals surface area (Å²) in [5.41, 5.74) is 3.37. The van der Waals surface area contributed by atoms with Gasteiger partial charge in [-0.25, -0.2) is 13.8 Å². The van der Waals surface area contributed by atoms with E-state index in [1.54, 1.807) is 0 Å². The van der Waals surface area contributed by atoms with Crippen molar-refractivity contribution in [3.8, 4) is 0 Å². The monoisotopic (exact) mass is 224 g/mol. The van der Waals surface area contributed by atoms with Gasteiger partial charge < -0.3 is 5.73 Å². The molecule has 14 heavy (non-hydrogen) atoms. The van der Waals surface area contributed by atoms with Gasteiger partial charge in [-0.1, -0.05) is 11.6 Å². The Balaban J connectivity index is 3.35. The Morgan fingerprint density at radius 3 is 2.57 bits per heavy atom. The molecule has 0 saturated carbocycles. The van der Waals surface area contributed by atoms with Crippen LogP contribution in [0, 0.1) is 5.95 Å². The zero-order chi connectivity index (χ0) is 10.9. The summed E-state index contributed by atoms with van der Waals surface area (Å²) in [7, 11) is 0. The largest absolute Gasteiger partial charge is 0.364 e. The molecule has 3 nitrogen and oxygen atoms in total. The van der Waals surface area contributed by atoms with E-state index in [1.807, 2.05) is 0 Å². The number of nitrogens with zero attached hydrogens (tertiary/aromatic N) is 1. The number of pyridine rings is 1. The molecule has 1 rings (SSSR count). The van der Waals surface area contributed by atoms with Crippen LogP contribution in [0.15, 0.2) is 6.07 Å². The molecule has 0 aliphatic carbocycles. The Morgan fingerprint density at radius 2 is 2.14 bits per heavy atom. The van der Waals surface area contributed by atoms with Crippen molar-refractivity contribution in [2.75, 3.05) is 0 Å². The van der Waals surface area contributed by atoms with E-state index < -0.39 is 34.6 Å². The molecule has 1 heterocycles. The van der Waals surface area contributed by atoms with Gasteiger partial charge in [-0.05, 0) is 6.07 Å². The first-order valence-corrected chi connectivity index (χ1v) is 3.75. The summed E-state index contributed by atoms with van der Waals surface area (Å²) >= 11 is 5.20. The lowest BCUT2D eigenvalue weighted by molar-refractivity contribution is 0.0993. The van der Waals surface area contributed by atoms with Gasteiger partial charge in [-0.2, -0.15) is 4.39 Å². The lowest BCUT2D eigenvalue weighted by Crippen LogP contribution is -2.14. The van der Waals surface area contributed by atoms with Gasteiger partial charge in [0.2, 0.25) is 5.95 Å². The van der Waals surface area contributed by atoms with Crippen molar-refractivity contribution in [3.63, 3.8) is 0 Å². The molecule has 0 aromatic carbocycles. The Hall–Kier alpha value is -1.30. The van der Waals surface area contributed by atoms with Crippen molar-refractivity contribution in [1.29, 1.82) is 0 Å². The second kappa shape index (κ2) is 3.83. The summed E-state index contributed by atoms with van der Waals surface area (Å²) in [6.45, 7) is 0. The molecule has 0 fully saturated rings. The molecule has 76 valence electrons. The molecule has 0 spiro atoms. The number of primary amides is 1. The average Bonchev–Trinajstić information content (AvgIpc) is 2.08. The molecule has 1 aromatic rings. The number of aromatic nitrogens is 1. The molecule has 0 radical (unpaired) electrons. The molecule has 0 aliphatic heterocycles. The molecular weight excluding hydrogens is 221 g/mol. The fourth-order valence-electron chi connectivity index (χ4n) is 0.802. The minimum Gasteiger partial charge on any atom is -0.364 e. The number of nitrogens with two attached hydrogens (primary N) is 1. The van der Waals surface area contributed by atoms with Gasteiger partial charge in [-0.3, -0.25) is 4.79 Å². The van der Waals surface area contributed by atoms with Crippen LogP contribution in [0.4, 0.5) is 13.2 Å². The topological polar surface area (TPSA) is 56.0 Å². The third kappa shape index (κ3) is 1.95. The molecule has 1 amide bonds. The minimum atomic E-state index is -2.99. The normalized spacial score (nSPS) is 10.6. The van der Waals surface area contributed by atoms with Crippen LogP contribution in [-0.4, -0.2) is 10.9 Å². The van der Waals surface area contributed by atoms with Gasteiger partial charge in [0, 0.05) is 5.56 Å². The number of carbonyl (C=O) groups excluding carboxylic acids is 1. The third-order valence-electron chi connectivity index (χ3n) is 1.43. The number of hydrogen-bond acceptors (Lipinski definition) is 2.